The summed E-state index contributed by atoms with van der Waals surface area (Å²) in [7, 11) is -1.02. The second kappa shape index (κ2) is 7.78. The van der Waals surface area contributed by atoms with Crippen LogP contribution >= 0.6 is 22.9 Å². The molecular formula is C17H19ClN2O2S2. The molecule has 0 N–H and O–H groups in total. The Hall–Kier alpha value is -1.21. The molecular weight excluding hydrogens is 364 g/mol. The zero-order chi connectivity index (χ0) is 17.1. The molecule has 1 atom stereocenters. The molecule has 2 aromatic rings. The average Bonchev–Trinajstić information content (AvgIpc) is 3.00. The van der Waals surface area contributed by atoms with Crippen molar-refractivity contribution in [2.24, 2.45) is 0 Å². The van der Waals surface area contributed by atoms with Crippen LogP contribution < -0.4 is 0 Å². The number of nitrogens with zero attached hydrogens (tertiary/aromatic N) is 2. The summed E-state index contributed by atoms with van der Waals surface area (Å²) < 4.78 is 12.2. The molecule has 1 aliphatic heterocycles. The van der Waals surface area contributed by atoms with Gasteiger partial charge in [-0.3, -0.25) is 13.9 Å². The highest BCUT2D eigenvalue weighted by Crippen LogP contribution is 2.23. The van der Waals surface area contributed by atoms with E-state index in [0.29, 0.717) is 5.56 Å². The highest BCUT2D eigenvalue weighted by atomic mass is 35.5. The second-order valence-corrected chi connectivity index (χ2v) is 8.93. The van der Waals surface area contributed by atoms with Crippen LogP contribution in [0.5, 0.6) is 0 Å². The Morgan fingerprint density at radius 1 is 1.12 bits per heavy atom. The molecule has 1 aliphatic rings. The Morgan fingerprint density at radius 3 is 2.33 bits per heavy atom. The molecule has 2 heterocycles. The summed E-state index contributed by atoms with van der Waals surface area (Å²) >= 11 is 7.58. The van der Waals surface area contributed by atoms with Gasteiger partial charge >= 0.3 is 0 Å². The molecule has 7 heteroatoms. The molecule has 0 radical (unpaired) electrons. The van der Waals surface area contributed by atoms with Gasteiger partial charge in [-0.1, -0.05) is 11.6 Å². The van der Waals surface area contributed by atoms with E-state index in [0.717, 1.165) is 42.0 Å². The van der Waals surface area contributed by atoms with Gasteiger partial charge in [-0.15, -0.1) is 11.3 Å². The third-order valence-corrected chi connectivity index (χ3v) is 6.25. The van der Waals surface area contributed by atoms with E-state index in [9.17, 15) is 9.00 Å². The van der Waals surface area contributed by atoms with Crippen molar-refractivity contribution in [1.82, 2.24) is 9.80 Å². The number of rotatable bonds is 4. The van der Waals surface area contributed by atoms with Crippen molar-refractivity contribution in [1.29, 1.82) is 0 Å². The summed E-state index contributed by atoms with van der Waals surface area (Å²) in [5, 5.41) is 0. The first kappa shape index (κ1) is 17.6. The van der Waals surface area contributed by atoms with Crippen LogP contribution in [0.4, 0.5) is 0 Å². The Labute approximate surface area is 153 Å². The monoisotopic (exact) mass is 382 g/mol. The number of carbonyl (C=O) groups is 1. The van der Waals surface area contributed by atoms with Crippen molar-refractivity contribution < 1.29 is 9.00 Å². The molecule has 0 saturated carbocycles. The normalized spacial score (nSPS) is 17.0. The molecule has 1 unspecified atom stereocenters. The number of hydrogen-bond donors (Lipinski definition) is 0. The van der Waals surface area contributed by atoms with Crippen molar-refractivity contribution in [3.05, 3.63) is 51.2 Å². The van der Waals surface area contributed by atoms with Gasteiger partial charge in [0.15, 0.2) is 0 Å². The van der Waals surface area contributed by atoms with Gasteiger partial charge in [0.25, 0.3) is 5.91 Å². The summed E-state index contributed by atoms with van der Waals surface area (Å²) in [4.78, 5) is 18.8. The fraction of sp³-hybridized carbons (Fsp3) is 0.353. The molecule has 128 valence electrons. The number of carbonyl (C=O) groups excluding carboxylic acids is 1. The lowest BCUT2D eigenvalue weighted by molar-refractivity contribution is 0.0629. The quantitative estimate of drug-likeness (QED) is 0.815. The zero-order valence-electron chi connectivity index (χ0n) is 13.4. The molecule has 0 aliphatic carbocycles. The summed E-state index contributed by atoms with van der Waals surface area (Å²) in [6.07, 6.45) is 1.64. The molecule has 1 saturated heterocycles. The predicted molar refractivity (Wildman–Crippen MR) is 99.3 cm³/mol. The second-order valence-electron chi connectivity index (χ2n) is 5.75. The largest absolute Gasteiger partial charge is 0.336 e. The Kier molecular flexibility index (Phi) is 5.71. The summed E-state index contributed by atoms with van der Waals surface area (Å²) in [5.74, 6) is 0.0438. The maximum atomic E-state index is 12.6. The van der Waals surface area contributed by atoms with E-state index < -0.39 is 10.8 Å². The first-order valence-electron chi connectivity index (χ1n) is 7.72. The first-order valence-corrected chi connectivity index (χ1v) is 10.5. The van der Waals surface area contributed by atoms with Gasteiger partial charge in [-0.2, -0.15) is 0 Å². The molecule has 0 spiro atoms. The van der Waals surface area contributed by atoms with E-state index in [4.69, 9.17) is 11.6 Å². The highest BCUT2D eigenvalue weighted by Gasteiger charge is 2.22. The topological polar surface area (TPSA) is 40.6 Å². The van der Waals surface area contributed by atoms with Gasteiger partial charge in [-0.25, -0.2) is 0 Å². The van der Waals surface area contributed by atoms with Gasteiger partial charge in [-0.05, 0) is 36.4 Å². The van der Waals surface area contributed by atoms with E-state index in [1.54, 1.807) is 41.9 Å². The van der Waals surface area contributed by atoms with Crippen molar-refractivity contribution in [2.45, 2.75) is 11.4 Å². The summed E-state index contributed by atoms with van der Waals surface area (Å²) in [6, 6.07) is 11.0. The van der Waals surface area contributed by atoms with Gasteiger partial charge in [0.1, 0.15) is 0 Å². The number of amides is 1. The van der Waals surface area contributed by atoms with Crippen LogP contribution in [0.15, 0.2) is 41.3 Å². The number of hydrogen-bond acceptors (Lipinski definition) is 4. The van der Waals surface area contributed by atoms with Crippen molar-refractivity contribution in [3.63, 3.8) is 0 Å². The van der Waals surface area contributed by atoms with Gasteiger partial charge in [0.05, 0.1) is 4.34 Å². The SMILES string of the molecule is CS(=O)c1ccc(C(=O)N2CCN(Cc3ccc(Cl)s3)CC2)cc1. The van der Waals surface area contributed by atoms with Crippen LogP contribution in [0.3, 0.4) is 0 Å². The fourth-order valence-corrected chi connectivity index (χ4v) is 4.39. The van der Waals surface area contributed by atoms with Gasteiger partial charge in [0.2, 0.25) is 0 Å². The number of halogens is 1. The van der Waals surface area contributed by atoms with Crippen LogP contribution in [0.1, 0.15) is 15.2 Å². The third-order valence-electron chi connectivity index (χ3n) is 4.10. The van der Waals surface area contributed by atoms with E-state index >= 15 is 0 Å². The van der Waals surface area contributed by atoms with Crippen LogP contribution in [0, 0.1) is 0 Å². The standard InChI is InChI=1S/C17H19ClN2O2S2/c1-24(22)15-5-2-13(3-6-15)17(21)20-10-8-19(9-11-20)12-14-4-7-16(18)23-14/h2-7H,8-12H2,1H3. The fourth-order valence-electron chi connectivity index (χ4n) is 2.74. The van der Waals surface area contributed by atoms with Crippen molar-refractivity contribution in [3.8, 4) is 0 Å². The average molecular weight is 383 g/mol. The molecule has 3 rings (SSSR count). The first-order chi connectivity index (χ1) is 11.5. The molecule has 0 bridgehead atoms. The lowest BCUT2D eigenvalue weighted by Crippen LogP contribution is -2.48. The predicted octanol–water partition coefficient (Wildman–Crippen LogP) is 3.10. The minimum Gasteiger partial charge on any atom is -0.336 e. The number of thiophene rings is 1. The molecule has 1 fully saturated rings. The zero-order valence-corrected chi connectivity index (χ0v) is 15.8. The van der Waals surface area contributed by atoms with Crippen LogP contribution in [-0.2, 0) is 17.3 Å². The third kappa shape index (κ3) is 4.25. The molecule has 1 aromatic carbocycles. The summed E-state index contributed by atoms with van der Waals surface area (Å²) in [6.45, 7) is 4.05. The van der Waals surface area contributed by atoms with E-state index in [1.165, 1.54) is 4.88 Å². The minimum absolute atomic E-state index is 0.0438. The maximum Gasteiger partial charge on any atom is 0.253 e. The highest BCUT2D eigenvalue weighted by molar-refractivity contribution is 7.84. The van der Waals surface area contributed by atoms with E-state index in [-0.39, 0.29) is 5.91 Å². The van der Waals surface area contributed by atoms with Gasteiger partial charge < -0.3 is 4.90 Å². The van der Waals surface area contributed by atoms with Crippen LogP contribution in [0.25, 0.3) is 0 Å². The molecule has 1 amide bonds. The van der Waals surface area contributed by atoms with E-state index in [1.807, 2.05) is 11.0 Å². The molecule has 1 aromatic heterocycles. The lowest BCUT2D eigenvalue weighted by Gasteiger charge is -2.34. The van der Waals surface area contributed by atoms with E-state index in [2.05, 4.69) is 11.0 Å². The Morgan fingerprint density at radius 2 is 1.79 bits per heavy atom. The maximum absolute atomic E-state index is 12.6. The molecule has 4 nitrogen and oxygen atoms in total. The Balaban J connectivity index is 1.55. The van der Waals surface area contributed by atoms with Crippen molar-refractivity contribution >= 4 is 39.6 Å². The number of benzene rings is 1. The van der Waals surface area contributed by atoms with Crippen molar-refractivity contribution in [2.75, 3.05) is 32.4 Å². The van der Waals surface area contributed by atoms with Crippen LogP contribution in [0.2, 0.25) is 4.34 Å². The van der Waals surface area contributed by atoms with Gasteiger partial charge in [0, 0.05) is 65.1 Å². The summed E-state index contributed by atoms with van der Waals surface area (Å²) in [5.41, 5.74) is 0.655. The number of piperazine rings is 1. The Bertz CT molecular complexity index is 737. The van der Waals surface area contributed by atoms with Crippen LogP contribution in [-0.4, -0.2) is 52.4 Å². The minimum atomic E-state index is -1.02. The smallest absolute Gasteiger partial charge is 0.253 e. The lowest BCUT2D eigenvalue weighted by atomic mass is 10.2. The molecule has 24 heavy (non-hydrogen) atoms.